The zero-order valence-electron chi connectivity index (χ0n) is 16.4. The second kappa shape index (κ2) is 8.90. The Hall–Kier alpha value is -3.48. The van der Waals surface area contributed by atoms with Crippen molar-refractivity contribution in [1.29, 1.82) is 0 Å². The molecule has 4 rings (SSSR count). The summed E-state index contributed by atoms with van der Waals surface area (Å²) in [6, 6.07) is 17.0. The van der Waals surface area contributed by atoms with Gasteiger partial charge in [0, 0.05) is 24.7 Å². The van der Waals surface area contributed by atoms with Crippen LogP contribution in [0.5, 0.6) is 0 Å². The van der Waals surface area contributed by atoms with Crippen LogP contribution in [-0.2, 0) is 11.3 Å². The lowest BCUT2D eigenvalue weighted by Gasteiger charge is -2.23. The van der Waals surface area contributed by atoms with E-state index in [0.717, 1.165) is 24.0 Å². The van der Waals surface area contributed by atoms with Crippen molar-refractivity contribution in [2.45, 2.75) is 19.4 Å². The van der Waals surface area contributed by atoms with Gasteiger partial charge in [0.15, 0.2) is 11.5 Å². The van der Waals surface area contributed by atoms with Crippen LogP contribution in [0.25, 0.3) is 11.3 Å². The van der Waals surface area contributed by atoms with Gasteiger partial charge in [0.05, 0.1) is 6.54 Å². The van der Waals surface area contributed by atoms with Crippen molar-refractivity contribution < 1.29 is 18.5 Å². The Morgan fingerprint density at radius 3 is 2.53 bits per heavy atom. The van der Waals surface area contributed by atoms with Crippen LogP contribution in [0.1, 0.15) is 28.9 Å². The molecular weight excluding hydrogens is 385 g/mol. The van der Waals surface area contributed by atoms with Gasteiger partial charge in [-0.15, -0.1) is 0 Å². The van der Waals surface area contributed by atoms with E-state index in [9.17, 15) is 14.0 Å². The van der Waals surface area contributed by atoms with Crippen LogP contribution in [0.3, 0.4) is 0 Å². The maximum Gasteiger partial charge on any atom is 0.273 e. The molecule has 0 radical (unpaired) electrons. The fourth-order valence-electron chi connectivity index (χ4n) is 3.16. The number of nitrogens with one attached hydrogen (secondary N) is 1. The Morgan fingerprint density at radius 1 is 1.10 bits per heavy atom. The Morgan fingerprint density at radius 2 is 1.83 bits per heavy atom. The fourth-order valence-corrected chi connectivity index (χ4v) is 3.16. The van der Waals surface area contributed by atoms with Gasteiger partial charge in [0.25, 0.3) is 5.91 Å². The average Bonchev–Trinajstić information content (AvgIpc) is 3.45. The molecule has 154 valence electrons. The van der Waals surface area contributed by atoms with Crippen molar-refractivity contribution in [3.8, 4) is 11.3 Å². The number of nitrogens with zero attached hydrogens (tertiary/aromatic N) is 2. The summed E-state index contributed by atoms with van der Waals surface area (Å²) >= 11 is 0. The van der Waals surface area contributed by atoms with Gasteiger partial charge in [-0.2, -0.15) is 0 Å². The molecule has 1 N–H and O–H groups in total. The molecule has 2 amide bonds. The molecule has 0 unspecified atom stereocenters. The molecule has 6 nitrogen and oxygen atoms in total. The summed E-state index contributed by atoms with van der Waals surface area (Å²) in [6.45, 7) is 0.877. The second-order valence-electron chi connectivity index (χ2n) is 7.47. The van der Waals surface area contributed by atoms with E-state index in [-0.39, 0.29) is 24.0 Å². The minimum Gasteiger partial charge on any atom is -0.355 e. The SMILES string of the molecule is O=C(NCC(=O)N(Cc1ccc(F)cc1)CC1CC1)c1cc(-c2ccccc2)on1. The van der Waals surface area contributed by atoms with Gasteiger partial charge in [-0.1, -0.05) is 47.6 Å². The molecule has 2 aromatic carbocycles. The summed E-state index contributed by atoms with van der Waals surface area (Å²) in [5.74, 6) is 0.00942. The zero-order valence-corrected chi connectivity index (χ0v) is 16.4. The van der Waals surface area contributed by atoms with Crippen LogP contribution in [0.4, 0.5) is 4.39 Å². The normalized spacial score (nSPS) is 13.1. The lowest BCUT2D eigenvalue weighted by atomic mass is 10.1. The van der Waals surface area contributed by atoms with Crippen molar-refractivity contribution >= 4 is 11.8 Å². The van der Waals surface area contributed by atoms with Gasteiger partial charge in [-0.3, -0.25) is 9.59 Å². The molecule has 1 saturated carbocycles. The summed E-state index contributed by atoms with van der Waals surface area (Å²) in [6.07, 6.45) is 2.20. The largest absolute Gasteiger partial charge is 0.355 e. The highest BCUT2D eigenvalue weighted by atomic mass is 19.1. The number of carbonyl (C=O) groups is 2. The minimum absolute atomic E-state index is 0.119. The van der Waals surface area contributed by atoms with Gasteiger partial charge in [0.2, 0.25) is 5.91 Å². The molecule has 1 aliphatic carbocycles. The monoisotopic (exact) mass is 407 g/mol. The third kappa shape index (κ3) is 5.11. The summed E-state index contributed by atoms with van der Waals surface area (Å²) < 4.78 is 18.4. The van der Waals surface area contributed by atoms with Crippen molar-refractivity contribution in [2.75, 3.05) is 13.1 Å². The van der Waals surface area contributed by atoms with Gasteiger partial charge in [-0.05, 0) is 36.5 Å². The van der Waals surface area contributed by atoms with Crippen LogP contribution in [0.15, 0.2) is 65.2 Å². The molecule has 0 aliphatic heterocycles. The van der Waals surface area contributed by atoms with Crippen LogP contribution in [0, 0.1) is 11.7 Å². The molecule has 0 bridgehead atoms. The molecule has 7 heteroatoms. The predicted molar refractivity (Wildman–Crippen MR) is 109 cm³/mol. The second-order valence-corrected chi connectivity index (χ2v) is 7.47. The number of aromatic nitrogens is 1. The summed E-state index contributed by atoms with van der Waals surface area (Å²) in [5.41, 5.74) is 1.78. The summed E-state index contributed by atoms with van der Waals surface area (Å²) in [4.78, 5) is 26.8. The van der Waals surface area contributed by atoms with Crippen LogP contribution in [0.2, 0.25) is 0 Å². The van der Waals surface area contributed by atoms with E-state index in [0.29, 0.717) is 24.8 Å². The number of amides is 2. The first-order valence-electron chi connectivity index (χ1n) is 9.91. The van der Waals surface area contributed by atoms with Gasteiger partial charge < -0.3 is 14.7 Å². The van der Waals surface area contributed by atoms with Crippen LogP contribution in [-0.4, -0.2) is 35.0 Å². The lowest BCUT2D eigenvalue weighted by molar-refractivity contribution is -0.131. The number of carbonyl (C=O) groups excluding carboxylic acids is 2. The van der Waals surface area contributed by atoms with Crippen molar-refractivity contribution in [1.82, 2.24) is 15.4 Å². The maximum atomic E-state index is 13.1. The number of hydrogen-bond acceptors (Lipinski definition) is 4. The van der Waals surface area contributed by atoms with E-state index in [4.69, 9.17) is 4.52 Å². The topological polar surface area (TPSA) is 75.4 Å². The average molecular weight is 407 g/mol. The standard InChI is InChI=1S/C23H22FN3O3/c24-19-10-8-17(9-11-19)15-27(14-16-6-7-16)22(28)13-25-23(29)20-12-21(30-26-20)18-4-2-1-3-5-18/h1-5,8-12,16H,6-7,13-15H2,(H,25,29). The Balaban J connectivity index is 1.36. The third-order valence-electron chi connectivity index (χ3n) is 5.02. The van der Waals surface area contributed by atoms with Crippen LogP contribution < -0.4 is 5.32 Å². The maximum absolute atomic E-state index is 13.1. The lowest BCUT2D eigenvalue weighted by Crippen LogP contribution is -2.40. The highest BCUT2D eigenvalue weighted by molar-refractivity contribution is 5.95. The molecule has 1 aromatic heterocycles. The van der Waals surface area contributed by atoms with Crippen molar-refractivity contribution in [3.63, 3.8) is 0 Å². The van der Waals surface area contributed by atoms with Crippen molar-refractivity contribution in [2.24, 2.45) is 5.92 Å². The number of hydrogen-bond donors (Lipinski definition) is 1. The number of benzene rings is 2. The predicted octanol–water partition coefficient (Wildman–Crippen LogP) is 3.65. The van der Waals surface area contributed by atoms with E-state index >= 15 is 0 Å². The van der Waals surface area contributed by atoms with Gasteiger partial charge in [0.1, 0.15) is 5.82 Å². The summed E-state index contributed by atoms with van der Waals surface area (Å²) in [5, 5.41) is 6.42. The first-order valence-corrected chi connectivity index (χ1v) is 9.91. The van der Waals surface area contributed by atoms with Gasteiger partial charge in [-0.25, -0.2) is 4.39 Å². The molecule has 1 fully saturated rings. The first-order chi connectivity index (χ1) is 14.6. The first kappa shape index (κ1) is 19.8. The molecular formula is C23H22FN3O3. The highest BCUT2D eigenvalue weighted by Gasteiger charge is 2.27. The van der Waals surface area contributed by atoms with Gasteiger partial charge >= 0.3 is 0 Å². The fraction of sp³-hybridized carbons (Fsp3) is 0.261. The quantitative estimate of drug-likeness (QED) is 0.619. The molecule has 3 aromatic rings. The third-order valence-corrected chi connectivity index (χ3v) is 5.02. The van der Waals surface area contributed by atoms with E-state index in [1.165, 1.54) is 12.1 Å². The molecule has 1 heterocycles. The minimum atomic E-state index is -0.470. The van der Waals surface area contributed by atoms with Crippen molar-refractivity contribution in [3.05, 3.63) is 77.7 Å². The number of halogens is 1. The van der Waals surface area contributed by atoms with E-state index in [1.54, 1.807) is 23.1 Å². The van der Waals surface area contributed by atoms with E-state index in [2.05, 4.69) is 10.5 Å². The van der Waals surface area contributed by atoms with Crippen LogP contribution >= 0.6 is 0 Å². The smallest absolute Gasteiger partial charge is 0.273 e. The summed E-state index contributed by atoms with van der Waals surface area (Å²) in [7, 11) is 0. The Labute approximate surface area is 173 Å². The van der Waals surface area contributed by atoms with E-state index < -0.39 is 5.91 Å². The Bertz CT molecular complexity index is 1010. The molecule has 0 spiro atoms. The van der Waals surface area contributed by atoms with E-state index in [1.807, 2.05) is 30.3 Å². The number of rotatable bonds is 8. The highest BCUT2D eigenvalue weighted by Crippen LogP contribution is 2.30. The molecule has 0 saturated heterocycles. The molecule has 30 heavy (non-hydrogen) atoms. The zero-order chi connectivity index (χ0) is 20.9. The Kier molecular flexibility index (Phi) is 5.88. The molecule has 1 aliphatic rings. The molecule has 0 atom stereocenters.